The molecule has 5 nitrogen and oxygen atoms in total. The van der Waals surface area contributed by atoms with Gasteiger partial charge in [-0.2, -0.15) is 0 Å². The Hall–Kier alpha value is -1.75. The number of ether oxygens (including phenoxy) is 2. The van der Waals surface area contributed by atoms with Crippen molar-refractivity contribution in [2.75, 3.05) is 13.3 Å². The molecule has 110 valence electrons. The van der Waals surface area contributed by atoms with Gasteiger partial charge < -0.3 is 19.9 Å². The number of carbonyl (C=O) groups is 1. The van der Waals surface area contributed by atoms with Gasteiger partial charge in [-0.15, -0.1) is 0 Å². The van der Waals surface area contributed by atoms with Crippen LogP contribution in [0.1, 0.15) is 31.7 Å². The summed E-state index contributed by atoms with van der Waals surface area (Å²) in [5.41, 5.74) is 1.23. The molecule has 0 fully saturated rings. The summed E-state index contributed by atoms with van der Waals surface area (Å²) >= 11 is 0. The second-order valence-corrected chi connectivity index (χ2v) is 5.08. The molecule has 2 rings (SSSR count). The van der Waals surface area contributed by atoms with Crippen molar-refractivity contribution in [2.45, 2.75) is 38.6 Å². The number of aliphatic carboxylic acids is 1. The highest BCUT2D eigenvalue weighted by Crippen LogP contribution is 2.32. The average Bonchev–Trinajstić information content (AvgIpc) is 2.88. The zero-order chi connectivity index (χ0) is 14.4. The van der Waals surface area contributed by atoms with Gasteiger partial charge in [0, 0.05) is 12.5 Å². The van der Waals surface area contributed by atoms with E-state index in [1.165, 1.54) is 5.56 Å². The van der Waals surface area contributed by atoms with E-state index in [1.807, 2.05) is 12.1 Å². The predicted molar refractivity (Wildman–Crippen MR) is 75.2 cm³/mol. The zero-order valence-electron chi connectivity index (χ0n) is 11.7. The summed E-state index contributed by atoms with van der Waals surface area (Å²) in [5.74, 6) is 0.901. The molecule has 20 heavy (non-hydrogen) atoms. The summed E-state index contributed by atoms with van der Waals surface area (Å²) < 4.78 is 10.6. The fraction of sp³-hybridized carbons (Fsp3) is 0.533. The predicted octanol–water partition coefficient (Wildman–Crippen LogP) is 2.19. The Kier molecular flexibility index (Phi) is 5.24. The third-order valence-corrected chi connectivity index (χ3v) is 3.36. The molecule has 1 heterocycles. The van der Waals surface area contributed by atoms with Crippen LogP contribution in [-0.4, -0.2) is 30.5 Å². The van der Waals surface area contributed by atoms with E-state index < -0.39 is 5.97 Å². The van der Waals surface area contributed by atoms with Crippen LogP contribution in [0.15, 0.2) is 18.2 Å². The van der Waals surface area contributed by atoms with Crippen LogP contribution in [0.25, 0.3) is 0 Å². The van der Waals surface area contributed by atoms with Crippen LogP contribution in [0, 0.1) is 0 Å². The van der Waals surface area contributed by atoms with Gasteiger partial charge in [-0.3, -0.25) is 4.79 Å². The molecule has 1 aliphatic rings. The van der Waals surface area contributed by atoms with Crippen LogP contribution in [-0.2, 0) is 11.2 Å². The van der Waals surface area contributed by atoms with E-state index in [9.17, 15) is 4.79 Å². The van der Waals surface area contributed by atoms with E-state index in [1.54, 1.807) is 0 Å². The number of aryl methyl sites for hydroxylation is 1. The Morgan fingerprint density at radius 2 is 2.20 bits per heavy atom. The lowest BCUT2D eigenvalue weighted by atomic mass is 10.1. The van der Waals surface area contributed by atoms with Crippen LogP contribution in [0.4, 0.5) is 0 Å². The fourth-order valence-corrected chi connectivity index (χ4v) is 2.17. The first kappa shape index (κ1) is 14.7. The third-order valence-electron chi connectivity index (χ3n) is 3.36. The molecular weight excluding hydrogens is 258 g/mol. The van der Waals surface area contributed by atoms with Gasteiger partial charge >= 0.3 is 5.97 Å². The van der Waals surface area contributed by atoms with Gasteiger partial charge in [0.05, 0.1) is 0 Å². The lowest BCUT2D eigenvalue weighted by Crippen LogP contribution is -2.27. The van der Waals surface area contributed by atoms with Crippen molar-refractivity contribution in [1.82, 2.24) is 5.32 Å². The van der Waals surface area contributed by atoms with Gasteiger partial charge in [-0.1, -0.05) is 6.07 Å². The van der Waals surface area contributed by atoms with E-state index in [0.29, 0.717) is 19.3 Å². The molecule has 0 spiro atoms. The van der Waals surface area contributed by atoms with Gasteiger partial charge in [-0.05, 0) is 50.4 Å². The maximum absolute atomic E-state index is 10.4. The molecule has 1 aliphatic heterocycles. The monoisotopic (exact) mass is 279 g/mol. The SMILES string of the molecule is CC(CCc1ccc2c(c1)OCO2)NCCCC(=O)O. The molecule has 1 aromatic carbocycles. The second-order valence-electron chi connectivity index (χ2n) is 5.08. The molecule has 1 aromatic rings. The normalized spacial score (nSPS) is 14.2. The van der Waals surface area contributed by atoms with Crippen LogP contribution in [0.5, 0.6) is 11.5 Å². The van der Waals surface area contributed by atoms with Crippen LogP contribution < -0.4 is 14.8 Å². The highest BCUT2D eigenvalue weighted by atomic mass is 16.7. The lowest BCUT2D eigenvalue weighted by Gasteiger charge is -2.13. The van der Waals surface area contributed by atoms with Crippen molar-refractivity contribution in [1.29, 1.82) is 0 Å². The summed E-state index contributed by atoms with van der Waals surface area (Å²) in [6.07, 6.45) is 2.86. The molecule has 0 aromatic heterocycles. The summed E-state index contributed by atoms with van der Waals surface area (Å²) in [7, 11) is 0. The van der Waals surface area contributed by atoms with Crippen LogP contribution >= 0.6 is 0 Å². The Balaban J connectivity index is 1.68. The van der Waals surface area contributed by atoms with Gasteiger partial charge in [-0.25, -0.2) is 0 Å². The highest BCUT2D eigenvalue weighted by Gasteiger charge is 2.13. The number of benzene rings is 1. The van der Waals surface area contributed by atoms with Crippen molar-refractivity contribution in [3.05, 3.63) is 23.8 Å². The molecule has 5 heteroatoms. The smallest absolute Gasteiger partial charge is 0.303 e. The number of fused-ring (bicyclic) bond motifs is 1. The Labute approximate surface area is 118 Å². The van der Waals surface area contributed by atoms with Crippen molar-refractivity contribution < 1.29 is 19.4 Å². The minimum absolute atomic E-state index is 0.224. The first-order valence-corrected chi connectivity index (χ1v) is 6.99. The first-order valence-electron chi connectivity index (χ1n) is 6.99. The number of rotatable bonds is 8. The molecule has 0 saturated carbocycles. The van der Waals surface area contributed by atoms with Gasteiger partial charge in [0.2, 0.25) is 6.79 Å². The third kappa shape index (κ3) is 4.42. The summed E-state index contributed by atoms with van der Waals surface area (Å²) in [5, 5.41) is 11.9. The molecular formula is C15H21NO4. The maximum atomic E-state index is 10.4. The number of hydrogen-bond donors (Lipinski definition) is 2. The number of nitrogens with one attached hydrogen (secondary N) is 1. The largest absolute Gasteiger partial charge is 0.481 e. The topological polar surface area (TPSA) is 67.8 Å². The van der Waals surface area contributed by atoms with Gasteiger partial charge in [0.1, 0.15) is 0 Å². The van der Waals surface area contributed by atoms with Crippen molar-refractivity contribution >= 4 is 5.97 Å². The summed E-state index contributed by atoms with van der Waals surface area (Å²) in [4.78, 5) is 10.4. The summed E-state index contributed by atoms with van der Waals surface area (Å²) in [6, 6.07) is 6.40. The minimum Gasteiger partial charge on any atom is -0.481 e. The Morgan fingerprint density at radius 3 is 3.00 bits per heavy atom. The highest BCUT2D eigenvalue weighted by molar-refractivity contribution is 5.66. The van der Waals surface area contributed by atoms with E-state index in [4.69, 9.17) is 14.6 Å². The molecule has 0 amide bonds. The molecule has 0 saturated heterocycles. The second kappa shape index (κ2) is 7.14. The molecule has 0 bridgehead atoms. The molecule has 0 aliphatic carbocycles. The van der Waals surface area contributed by atoms with Gasteiger partial charge in [0.25, 0.3) is 0 Å². The number of carboxylic acids is 1. The van der Waals surface area contributed by atoms with Crippen molar-refractivity contribution in [3.8, 4) is 11.5 Å². The van der Waals surface area contributed by atoms with E-state index in [-0.39, 0.29) is 6.42 Å². The van der Waals surface area contributed by atoms with Crippen LogP contribution in [0.3, 0.4) is 0 Å². The fourth-order valence-electron chi connectivity index (χ4n) is 2.17. The summed E-state index contributed by atoms with van der Waals surface area (Å²) in [6.45, 7) is 3.17. The number of carboxylic acid groups (broad SMARTS) is 1. The molecule has 0 radical (unpaired) electrons. The average molecular weight is 279 g/mol. The van der Waals surface area contributed by atoms with Crippen LogP contribution in [0.2, 0.25) is 0 Å². The maximum Gasteiger partial charge on any atom is 0.303 e. The molecule has 2 N–H and O–H groups in total. The molecule has 1 atom stereocenters. The van der Waals surface area contributed by atoms with Crippen molar-refractivity contribution in [2.24, 2.45) is 0 Å². The van der Waals surface area contributed by atoms with Crippen molar-refractivity contribution in [3.63, 3.8) is 0 Å². The van der Waals surface area contributed by atoms with E-state index in [0.717, 1.165) is 30.9 Å². The lowest BCUT2D eigenvalue weighted by molar-refractivity contribution is -0.137. The van der Waals surface area contributed by atoms with E-state index >= 15 is 0 Å². The van der Waals surface area contributed by atoms with E-state index in [2.05, 4.69) is 18.3 Å². The Morgan fingerprint density at radius 1 is 1.40 bits per heavy atom. The Bertz CT molecular complexity index is 461. The van der Waals surface area contributed by atoms with Gasteiger partial charge in [0.15, 0.2) is 11.5 Å². The minimum atomic E-state index is -0.736. The number of hydrogen-bond acceptors (Lipinski definition) is 4. The molecule has 1 unspecified atom stereocenters. The zero-order valence-corrected chi connectivity index (χ0v) is 11.7. The first-order chi connectivity index (χ1) is 9.65. The standard InChI is InChI=1S/C15H21NO4/c1-11(16-8-2-3-15(17)18)4-5-12-6-7-13-14(9-12)20-10-19-13/h6-7,9,11,16H,2-5,8,10H2,1H3,(H,17,18). The quantitative estimate of drug-likeness (QED) is 0.714.